The maximum Gasteiger partial charge on any atom is 0.273 e. The zero-order chi connectivity index (χ0) is 18.9. The van der Waals surface area contributed by atoms with E-state index in [1.165, 1.54) is 0 Å². The lowest BCUT2D eigenvalue weighted by molar-refractivity contribution is 0.0946. The van der Waals surface area contributed by atoms with Gasteiger partial charge < -0.3 is 5.32 Å². The zero-order valence-corrected chi connectivity index (χ0v) is 15.7. The number of aromatic nitrogens is 3. The van der Waals surface area contributed by atoms with Crippen LogP contribution in [0.2, 0.25) is 0 Å². The van der Waals surface area contributed by atoms with Crippen LogP contribution >= 0.6 is 0 Å². The highest BCUT2D eigenvalue weighted by Gasteiger charge is 2.28. The summed E-state index contributed by atoms with van der Waals surface area (Å²) in [6.07, 6.45) is 6.77. The summed E-state index contributed by atoms with van der Waals surface area (Å²) in [4.78, 5) is 12.3. The monoisotopic (exact) mass is 389 g/mol. The molecule has 2 aliphatic carbocycles. The fourth-order valence-electron chi connectivity index (χ4n) is 3.39. The van der Waals surface area contributed by atoms with Gasteiger partial charge >= 0.3 is 0 Å². The minimum atomic E-state index is -3.49. The van der Waals surface area contributed by atoms with E-state index in [1.54, 1.807) is 41.2 Å². The van der Waals surface area contributed by atoms with Crippen molar-refractivity contribution in [3.05, 3.63) is 42.2 Å². The van der Waals surface area contributed by atoms with Crippen LogP contribution in [0.4, 0.5) is 0 Å². The summed E-state index contributed by atoms with van der Waals surface area (Å²) >= 11 is 0. The van der Waals surface area contributed by atoms with E-state index in [0.29, 0.717) is 5.69 Å². The summed E-state index contributed by atoms with van der Waals surface area (Å²) in [6.45, 7) is 0. The van der Waals surface area contributed by atoms with E-state index in [9.17, 15) is 13.2 Å². The average molecular weight is 389 g/mol. The molecule has 4 rings (SSSR count). The SMILES string of the molecule is O=C(NC1CC1)c1cn(C2CCC(NS(=O)(=O)c3ccccc3)CC2)nn1. The molecule has 1 aromatic carbocycles. The standard InChI is InChI=1S/C18H23N5O3S/c24-18(19-13-6-7-13)17-12-23(22-20-17)15-10-8-14(9-11-15)21-27(25,26)16-4-2-1-3-5-16/h1-5,12-15,21H,6-11H2,(H,19,24). The lowest BCUT2D eigenvalue weighted by Gasteiger charge is -2.28. The lowest BCUT2D eigenvalue weighted by atomic mass is 9.92. The lowest BCUT2D eigenvalue weighted by Crippen LogP contribution is -2.38. The van der Waals surface area contributed by atoms with Crippen molar-refractivity contribution in [3.8, 4) is 0 Å². The molecule has 1 amide bonds. The highest BCUT2D eigenvalue weighted by molar-refractivity contribution is 7.89. The molecule has 144 valence electrons. The largest absolute Gasteiger partial charge is 0.348 e. The quantitative estimate of drug-likeness (QED) is 0.781. The smallest absolute Gasteiger partial charge is 0.273 e. The van der Waals surface area contributed by atoms with Crippen LogP contribution in [0.25, 0.3) is 0 Å². The van der Waals surface area contributed by atoms with Gasteiger partial charge in [-0.3, -0.25) is 4.79 Å². The van der Waals surface area contributed by atoms with Crippen molar-refractivity contribution in [2.24, 2.45) is 0 Å². The molecule has 2 N–H and O–H groups in total. The molecule has 0 radical (unpaired) electrons. The number of hydrogen-bond acceptors (Lipinski definition) is 5. The van der Waals surface area contributed by atoms with Crippen LogP contribution in [0.15, 0.2) is 41.4 Å². The molecule has 0 saturated heterocycles. The van der Waals surface area contributed by atoms with Crippen LogP contribution in [0.1, 0.15) is 55.1 Å². The third kappa shape index (κ3) is 4.36. The molecule has 0 atom stereocenters. The van der Waals surface area contributed by atoms with E-state index in [0.717, 1.165) is 38.5 Å². The zero-order valence-electron chi connectivity index (χ0n) is 14.9. The van der Waals surface area contributed by atoms with Crippen molar-refractivity contribution in [1.29, 1.82) is 0 Å². The molecular formula is C18H23N5O3S. The van der Waals surface area contributed by atoms with Crippen molar-refractivity contribution in [3.63, 3.8) is 0 Å². The Morgan fingerprint density at radius 1 is 1.00 bits per heavy atom. The van der Waals surface area contributed by atoms with E-state index in [1.807, 2.05) is 0 Å². The Labute approximate surface area is 158 Å². The number of carbonyl (C=O) groups is 1. The van der Waals surface area contributed by atoms with E-state index in [2.05, 4.69) is 20.4 Å². The fourth-order valence-corrected chi connectivity index (χ4v) is 4.72. The molecule has 1 aromatic heterocycles. The molecule has 0 aliphatic heterocycles. The molecule has 2 fully saturated rings. The van der Waals surface area contributed by atoms with E-state index in [4.69, 9.17) is 0 Å². The predicted molar refractivity (Wildman–Crippen MR) is 98.6 cm³/mol. The summed E-state index contributed by atoms with van der Waals surface area (Å²) in [6, 6.07) is 8.75. The Morgan fingerprint density at radius 3 is 2.33 bits per heavy atom. The van der Waals surface area contributed by atoms with Crippen molar-refractivity contribution in [2.75, 3.05) is 0 Å². The summed E-state index contributed by atoms with van der Waals surface area (Å²) in [5.41, 5.74) is 0.341. The number of amides is 1. The molecule has 2 saturated carbocycles. The summed E-state index contributed by atoms with van der Waals surface area (Å²) in [7, 11) is -3.49. The first-order chi connectivity index (χ1) is 13.0. The predicted octanol–water partition coefficient (Wildman–Crippen LogP) is 1.63. The van der Waals surface area contributed by atoms with E-state index < -0.39 is 10.0 Å². The van der Waals surface area contributed by atoms with Crippen LogP contribution in [0.3, 0.4) is 0 Å². The first-order valence-corrected chi connectivity index (χ1v) is 10.8. The average Bonchev–Trinajstić information content (AvgIpc) is 3.34. The van der Waals surface area contributed by atoms with Crippen molar-refractivity contribution in [2.45, 2.75) is 61.5 Å². The van der Waals surface area contributed by atoms with Gasteiger partial charge in [0.15, 0.2) is 5.69 Å². The second kappa shape index (κ2) is 7.40. The van der Waals surface area contributed by atoms with Crippen LogP contribution in [0, 0.1) is 0 Å². The van der Waals surface area contributed by atoms with Gasteiger partial charge in [-0.1, -0.05) is 23.4 Å². The van der Waals surface area contributed by atoms with Gasteiger partial charge in [0.1, 0.15) is 0 Å². The van der Waals surface area contributed by atoms with Gasteiger partial charge in [0.05, 0.1) is 17.1 Å². The Bertz CT molecular complexity index is 900. The molecule has 8 nitrogen and oxygen atoms in total. The second-order valence-electron chi connectivity index (χ2n) is 7.27. The second-order valence-corrected chi connectivity index (χ2v) is 8.99. The number of rotatable bonds is 6. The number of nitrogens with zero attached hydrogens (tertiary/aromatic N) is 3. The first kappa shape index (κ1) is 18.1. The van der Waals surface area contributed by atoms with Crippen molar-refractivity contribution >= 4 is 15.9 Å². The topological polar surface area (TPSA) is 106 Å². The molecule has 0 bridgehead atoms. The molecule has 27 heavy (non-hydrogen) atoms. The fraction of sp³-hybridized carbons (Fsp3) is 0.500. The van der Waals surface area contributed by atoms with Gasteiger partial charge in [-0.25, -0.2) is 17.8 Å². The first-order valence-electron chi connectivity index (χ1n) is 9.31. The van der Waals surface area contributed by atoms with Gasteiger partial charge in [-0.2, -0.15) is 0 Å². The number of carbonyl (C=O) groups excluding carboxylic acids is 1. The minimum Gasteiger partial charge on any atom is -0.348 e. The van der Waals surface area contributed by atoms with E-state index in [-0.39, 0.29) is 28.9 Å². The Kier molecular flexibility index (Phi) is 4.96. The van der Waals surface area contributed by atoms with E-state index >= 15 is 0 Å². The molecule has 2 aromatic rings. The Hall–Kier alpha value is -2.26. The van der Waals surface area contributed by atoms with Crippen LogP contribution in [0.5, 0.6) is 0 Å². The molecule has 1 heterocycles. The van der Waals surface area contributed by atoms with Gasteiger partial charge in [-0.05, 0) is 50.7 Å². The molecular weight excluding hydrogens is 366 g/mol. The van der Waals surface area contributed by atoms with Crippen LogP contribution in [-0.2, 0) is 10.0 Å². The molecule has 9 heteroatoms. The Balaban J connectivity index is 1.32. The highest BCUT2D eigenvalue weighted by atomic mass is 32.2. The van der Waals surface area contributed by atoms with Gasteiger partial charge in [0, 0.05) is 12.1 Å². The maximum atomic E-state index is 12.4. The summed E-state index contributed by atoms with van der Waals surface area (Å²) < 4.78 is 29.4. The van der Waals surface area contributed by atoms with Gasteiger partial charge in [0.2, 0.25) is 10.0 Å². The van der Waals surface area contributed by atoms with Gasteiger partial charge in [-0.15, -0.1) is 5.10 Å². The van der Waals surface area contributed by atoms with Crippen molar-refractivity contribution < 1.29 is 13.2 Å². The molecule has 2 aliphatic rings. The third-order valence-electron chi connectivity index (χ3n) is 5.10. The number of benzene rings is 1. The highest BCUT2D eigenvalue weighted by Crippen LogP contribution is 2.29. The number of hydrogen-bond donors (Lipinski definition) is 2. The summed E-state index contributed by atoms with van der Waals surface area (Å²) in [5, 5.41) is 11.0. The normalized spacial score (nSPS) is 23.1. The molecule has 0 unspecified atom stereocenters. The summed E-state index contributed by atoms with van der Waals surface area (Å²) in [5.74, 6) is -0.173. The van der Waals surface area contributed by atoms with Crippen LogP contribution < -0.4 is 10.0 Å². The van der Waals surface area contributed by atoms with Gasteiger partial charge in [0.25, 0.3) is 5.91 Å². The third-order valence-corrected chi connectivity index (χ3v) is 6.64. The maximum absolute atomic E-state index is 12.4. The Morgan fingerprint density at radius 2 is 1.67 bits per heavy atom. The number of sulfonamides is 1. The van der Waals surface area contributed by atoms with Crippen molar-refractivity contribution in [1.82, 2.24) is 25.0 Å². The minimum absolute atomic E-state index is 0.0902. The molecule has 0 spiro atoms. The number of nitrogens with one attached hydrogen (secondary N) is 2. The van der Waals surface area contributed by atoms with Crippen LogP contribution in [-0.4, -0.2) is 41.4 Å².